The quantitative estimate of drug-likeness (QED) is 0.925. The minimum Gasteiger partial charge on any atom is -0.310 e. The van der Waals surface area contributed by atoms with Gasteiger partial charge in [0.2, 0.25) is 0 Å². The van der Waals surface area contributed by atoms with Crippen LogP contribution in [0.2, 0.25) is 0 Å². The molecule has 7 heteroatoms. The van der Waals surface area contributed by atoms with Gasteiger partial charge in [-0.3, -0.25) is 9.69 Å². The molecule has 25 heavy (non-hydrogen) atoms. The zero-order valence-corrected chi connectivity index (χ0v) is 13.9. The van der Waals surface area contributed by atoms with E-state index in [1.54, 1.807) is 6.07 Å². The third-order valence-corrected chi connectivity index (χ3v) is 4.34. The number of rotatable bonds is 4. The molecule has 0 amide bonds. The molecule has 0 unspecified atom stereocenters. The number of benzene rings is 1. The van der Waals surface area contributed by atoms with Crippen molar-refractivity contribution in [2.45, 2.75) is 39.3 Å². The van der Waals surface area contributed by atoms with Gasteiger partial charge in [0.1, 0.15) is 17.5 Å². The number of hydrogen-bond acceptors (Lipinski definition) is 4. The van der Waals surface area contributed by atoms with Crippen molar-refractivity contribution in [1.82, 2.24) is 14.9 Å². The van der Waals surface area contributed by atoms with Crippen LogP contribution >= 0.6 is 0 Å². The molecule has 0 fully saturated rings. The van der Waals surface area contributed by atoms with E-state index in [9.17, 15) is 13.6 Å². The van der Waals surface area contributed by atoms with Gasteiger partial charge < -0.3 is 4.98 Å². The first-order chi connectivity index (χ1) is 12.0. The Morgan fingerprint density at radius 2 is 2.08 bits per heavy atom. The average Bonchev–Trinajstić information content (AvgIpc) is 2.58. The van der Waals surface area contributed by atoms with Gasteiger partial charge in [-0.2, -0.15) is 5.26 Å². The van der Waals surface area contributed by atoms with Crippen LogP contribution in [-0.4, -0.2) is 21.4 Å². The number of aryl methyl sites for hydroxylation is 1. The van der Waals surface area contributed by atoms with Crippen molar-refractivity contribution < 1.29 is 8.78 Å². The second-order valence-electron chi connectivity index (χ2n) is 6.18. The number of halogens is 2. The predicted octanol–water partition coefficient (Wildman–Crippen LogP) is 2.43. The maximum atomic E-state index is 14.1. The second-order valence-corrected chi connectivity index (χ2v) is 6.18. The first-order valence-corrected chi connectivity index (χ1v) is 8.23. The monoisotopic (exact) mass is 344 g/mol. The largest absolute Gasteiger partial charge is 0.310 e. The first kappa shape index (κ1) is 17.2. The fourth-order valence-corrected chi connectivity index (χ4v) is 3.06. The number of nitrogens with one attached hydrogen (secondary N) is 1. The average molecular weight is 344 g/mol. The molecule has 2 aromatic rings. The number of H-pyrrole nitrogens is 1. The van der Waals surface area contributed by atoms with E-state index in [1.807, 2.05) is 11.8 Å². The minimum absolute atomic E-state index is 0.0406. The van der Waals surface area contributed by atoms with Crippen LogP contribution in [0.3, 0.4) is 0 Å². The van der Waals surface area contributed by atoms with Crippen molar-refractivity contribution in [3.05, 3.63) is 62.3 Å². The van der Waals surface area contributed by atoms with Crippen molar-refractivity contribution in [3.63, 3.8) is 0 Å². The second kappa shape index (κ2) is 7.11. The number of aromatic nitrogens is 2. The predicted molar refractivity (Wildman–Crippen MR) is 87.7 cm³/mol. The van der Waals surface area contributed by atoms with E-state index in [0.29, 0.717) is 37.3 Å². The lowest BCUT2D eigenvalue weighted by atomic mass is 10.0. The topological polar surface area (TPSA) is 72.8 Å². The highest BCUT2D eigenvalue weighted by atomic mass is 19.1. The normalized spacial score (nSPS) is 14.2. The maximum absolute atomic E-state index is 14.1. The van der Waals surface area contributed by atoms with E-state index < -0.39 is 11.6 Å². The number of aromatic amines is 1. The Labute approximate surface area is 143 Å². The molecule has 0 aliphatic carbocycles. The van der Waals surface area contributed by atoms with Crippen LogP contribution in [0.5, 0.6) is 0 Å². The van der Waals surface area contributed by atoms with Crippen LogP contribution in [0.25, 0.3) is 0 Å². The lowest BCUT2D eigenvalue weighted by Crippen LogP contribution is -2.36. The minimum atomic E-state index is -0.743. The van der Waals surface area contributed by atoms with Gasteiger partial charge in [-0.1, -0.05) is 6.92 Å². The molecule has 1 aromatic carbocycles. The van der Waals surface area contributed by atoms with Crippen molar-refractivity contribution >= 4 is 0 Å². The third-order valence-electron chi connectivity index (χ3n) is 4.34. The highest BCUT2D eigenvalue weighted by Crippen LogP contribution is 2.21. The molecule has 0 saturated carbocycles. The van der Waals surface area contributed by atoms with Crippen molar-refractivity contribution in [3.8, 4) is 6.07 Å². The van der Waals surface area contributed by atoms with Crippen molar-refractivity contribution in [2.24, 2.45) is 0 Å². The molecule has 0 spiro atoms. The van der Waals surface area contributed by atoms with Crippen molar-refractivity contribution in [2.75, 3.05) is 6.54 Å². The molecule has 5 nitrogen and oxygen atoms in total. The molecule has 130 valence electrons. The summed E-state index contributed by atoms with van der Waals surface area (Å²) in [5.74, 6) is -0.802. The van der Waals surface area contributed by atoms with E-state index in [0.717, 1.165) is 24.2 Å². The summed E-state index contributed by atoms with van der Waals surface area (Å²) < 4.78 is 28.1. The van der Waals surface area contributed by atoms with Gasteiger partial charge in [0.25, 0.3) is 5.56 Å². The summed E-state index contributed by atoms with van der Waals surface area (Å²) in [5.41, 5.74) is 1.00. The molecule has 1 aromatic heterocycles. The van der Waals surface area contributed by atoms with Crippen molar-refractivity contribution in [1.29, 1.82) is 5.26 Å². The highest BCUT2D eigenvalue weighted by Gasteiger charge is 2.23. The van der Waals surface area contributed by atoms with Crippen LogP contribution in [0.4, 0.5) is 8.78 Å². The van der Waals surface area contributed by atoms with Crippen LogP contribution in [0.1, 0.15) is 41.6 Å². The van der Waals surface area contributed by atoms with E-state index >= 15 is 0 Å². The van der Waals surface area contributed by atoms with Gasteiger partial charge in [-0.15, -0.1) is 0 Å². The lowest BCUT2D eigenvalue weighted by Gasteiger charge is -2.28. The van der Waals surface area contributed by atoms with Gasteiger partial charge >= 0.3 is 0 Å². The molecule has 1 aliphatic rings. The van der Waals surface area contributed by atoms with E-state index in [4.69, 9.17) is 5.26 Å². The van der Waals surface area contributed by atoms with Gasteiger partial charge in [-0.25, -0.2) is 13.8 Å². The van der Waals surface area contributed by atoms with Gasteiger partial charge in [0, 0.05) is 38.0 Å². The number of nitriles is 1. The summed E-state index contributed by atoms with van der Waals surface area (Å²) in [6.45, 7) is 2.91. The Morgan fingerprint density at radius 1 is 1.36 bits per heavy atom. The summed E-state index contributed by atoms with van der Waals surface area (Å²) in [6.07, 6.45) is 2.18. The fourth-order valence-electron chi connectivity index (χ4n) is 3.06. The molecule has 1 aliphatic heterocycles. The molecule has 2 heterocycles. The molecule has 0 bridgehead atoms. The Kier molecular flexibility index (Phi) is 4.91. The van der Waals surface area contributed by atoms with Gasteiger partial charge in [-0.05, 0) is 18.6 Å². The van der Waals surface area contributed by atoms with Gasteiger partial charge in [0.15, 0.2) is 0 Å². The number of fused-ring (bicyclic) bond motifs is 1. The zero-order valence-electron chi connectivity index (χ0n) is 13.9. The summed E-state index contributed by atoms with van der Waals surface area (Å²) >= 11 is 0. The molecule has 0 atom stereocenters. The zero-order chi connectivity index (χ0) is 18.0. The SMILES string of the molecule is CCCc1nc2c(c(=O)[nH]1)CN(Cc1c(F)cc(C#N)cc1F)CC2. The summed E-state index contributed by atoms with van der Waals surface area (Å²) in [6, 6.07) is 3.79. The molecular formula is C18H18F2N4O. The summed E-state index contributed by atoms with van der Waals surface area (Å²) in [4.78, 5) is 21.4. The Balaban J connectivity index is 1.83. The number of hydrogen-bond donors (Lipinski definition) is 1. The highest BCUT2D eigenvalue weighted by molar-refractivity contribution is 5.34. The molecule has 1 N–H and O–H groups in total. The van der Waals surface area contributed by atoms with Crippen LogP contribution < -0.4 is 5.56 Å². The molecule has 0 saturated heterocycles. The lowest BCUT2D eigenvalue weighted by molar-refractivity contribution is 0.234. The smallest absolute Gasteiger partial charge is 0.255 e. The van der Waals surface area contributed by atoms with E-state index in [2.05, 4.69) is 9.97 Å². The standard InChI is InChI=1S/C18H18F2N4O/c1-2-3-17-22-16-4-5-24(10-13(16)18(25)23-17)9-12-14(19)6-11(8-21)7-15(12)20/h6-7H,2-5,9-10H2,1H3,(H,22,23,25). The molecule has 0 radical (unpaired) electrons. The van der Waals surface area contributed by atoms with Crippen LogP contribution in [-0.2, 0) is 25.9 Å². The van der Waals surface area contributed by atoms with E-state index in [1.165, 1.54) is 0 Å². The summed E-state index contributed by atoms with van der Waals surface area (Å²) in [5, 5.41) is 8.76. The Bertz CT molecular complexity index is 878. The third kappa shape index (κ3) is 3.59. The number of nitrogens with zero attached hydrogens (tertiary/aromatic N) is 3. The molecule has 3 rings (SSSR count). The first-order valence-electron chi connectivity index (χ1n) is 8.23. The Hall–Kier alpha value is -2.59. The Morgan fingerprint density at radius 3 is 2.72 bits per heavy atom. The van der Waals surface area contributed by atoms with Crippen LogP contribution in [0, 0.1) is 23.0 Å². The summed E-state index contributed by atoms with van der Waals surface area (Å²) in [7, 11) is 0. The van der Waals surface area contributed by atoms with Crippen LogP contribution in [0.15, 0.2) is 16.9 Å². The van der Waals surface area contributed by atoms with Gasteiger partial charge in [0.05, 0.1) is 22.9 Å². The maximum Gasteiger partial charge on any atom is 0.255 e. The molecular weight excluding hydrogens is 326 g/mol. The fraction of sp³-hybridized carbons (Fsp3) is 0.389. The van der Waals surface area contributed by atoms with E-state index in [-0.39, 0.29) is 23.2 Å².